The maximum Gasteiger partial charge on any atom is 0.164 e. The van der Waals surface area contributed by atoms with Crippen molar-refractivity contribution in [3.05, 3.63) is 29.6 Å². The van der Waals surface area contributed by atoms with E-state index < -0.39 is 0 Å². The monoisotopic (exact) mass is 268 g/mol. The van der Waals surface area contributed by atoms with Crippen LogP contribution in [0.25, 0.3) is 11.4 Å². The number of benzene rings is 1. The van der Waals surface area contributed by atoms with E-state index in [9.17, 15) is 0 Å². The number of hydrogen-bond donors (Lipinski definition) is 1. The average molecular weight is 268 g/mol. The Bertz CT molecular complexity index is 638. The van der Waals surface area contributed by atoms with Crippen molar-refractivity contribution >= 4 is 5.69 Å². The number of rotatable bonds is 2. The van der Waals surface area contributed by atoms with E-state index >= 15 is 0 Å². The lowest BCUT2D eigenvalue weighted by Gasteiger charge is -2.16. The third-order valence-corrected chi connectivity index (χ3v) is 4.63. The van der Waals surface area contributed by atoms with Crippen LogP contribution in [0.4, 0.5) is 5.69 Å². The van der Waals surface area contributed by atoms with Gasteiger partial charge in [-0.15, -0.1) is 10.2 Å². The molecular weight excluding hydrogens is 248 g/mol. The number of fused-ring (bicyclic) bond motifs is 1. The average Bonchev–Trinajstić information content (AvgIpc) is 3.17. The summed E-state index contributed by atoms with van der Waals surface area (Å²) < 4.78 is 2.36. The molecule has 0 amide bonds. The van der Waals surface area contributed by atoms with Gasteiger partial charge in [0, 0.05) is 23.8 Å². The van der Waals surface area contributed by atoms with Gasteiger partial charge in [0.15, 0.2) is 5.82 Å². The molecule has 0 unspecified atom stereocenters. The standard InChI is InChI=1S/C16H20N4/c1-11-18-19-16(20(11)14-4-2-3-5-14)13-6-7-15-12(10-13)8-9-17-15/h6-7,10,14,17H,2-5,8-9H2,1H3. The second-order valence-electron chi connectivity index (χ2n) is 5.93. The van der Waals surface area contributed by atoms with E-state index in [0.717, 1.165) is 24.6 Å². The summed E-state index contributed by atoms with van der Waals surface area (Å²) >= 11 is 0. The quantitative estimate of drug-likeness (QED) is 0.908. The fraction of sp³-hybridized carbons (Fsp3) is 0.500. The van der Waals surface area contributed by atoms with Gasteiger partial charge in [0.05, 0.1) is 0 Å². The fourth-order valence-corrected chi connectivity index (χ4v) is 3.61. The molecule has 1 aromatic carbocycles. The third kappa shape index (κ3) is 1.82. The summed E-state index contributed by atoms with van der Waals surface area (Å²) in [5.41, 5.74) is 3.89. The van der Waals surface area contributed by atoms with Crippen LogP contribution >= 0.6 is 0 Å². The highest BCUT2D eigenvalue weighted by Gasteiger charge is 2.23. The molecule has 2 aromatic rings. The number of aryl methyl sites for hydroxylation is 1. The predicted molar refractivity (Wildman–Crippen MR) is 79.9 cm³/mol. The molecule has 1 aliphatic carbocycles. The van der Waals surface area contributed by atoms with Gasteiger partial charge in [-0.3, -0.25) is 0 Å². The molecule has 20 heavy (non-hydrogen) atoms. The van der Waals surface area contributed by atoms with Crippen LogP contribution in [0, 0.1) is 6.92 Å². The normalized spacial score (nSPS) is 18.2. The fourth-order valence-electron chi connectivity index (χ4n) is 3.61. The topological polar surface area (TPSA) is 42.7 Å². The van der Waals surface area contributed by atoms with Crippen LogP contribution in [0.3, 0.4) is 0 Å². The molecular formula is C16H20N4. The first-order valence-corrected chi connectivity index (χ1v) is 7.61. The molecule has 4 heteroatoms. The Morgan fingerprint density at radius 1 is 1.20 bits per heavy atom. The Labute approximate surface area is 119 Å². The van der Waals surface area contributed by atoms with Gasteiger partial charge < -0.3 is 9.88 Å². The van der Waals surface area contributed by atoms with Crippen molar-refractivity contribution in [3.8, 4) is 11.4 Å². The Balaban J connectivity index is 1.78. The number of nitrogens with one attached hydrogen (secondary N) is 1. The highest BCUT2D eigenvalue weighted by atomic mass is 15.3. The Morgan fingerprint density at radius 2 is 2.05 bits per heavy atom. The maximum absolute atomic E-state index is 4.45. The van der Waals surface area contributed by atoms with E-state index in [0.29, 0.717) is 6.04 Å². The van der Waals surface area contributed by atoms with Crippen LogP contribution in [0.2, 0.25) is 0 Å². The Hall–Kier alpha value is -1.84. The first kappa shape index (κ1) is 11.9. The van der Waals surface area contributed by atoms with Crippen LogP contribution in [0.5, 0.6) is 0 Å². The van der Waals surface area contributed by atoms with E-state index in [1.165, 1.54) is 42.5 Å². The highest BCUT2D eigenvalue weighted by Crippen LogP contribution is 2.35. The van der Waals surface area contributed by atoms with Gasteiger partial charge in [0.2, 0.25) is 0 Å². The van der Waals surface area contributed by atoms with Crippen molar-refractivity contribution in [2.24, 2.45) is 0 Å². The Kier molecular flexibility index (Phi) is 2.76. The minimum absolute atomic E-state index is 0.589. The maximum atomic E-state index is 4.45. The largest absolute Gasteiger partial charge is 0.384 e. The molecule has 104 valence electrons. The van der Waals surface area contributed by atoms with Gasteiger partial charge in [-0.1, -0.05) is 12.8 Å². The van der Waals surface area contributed by atoms with Crippen molar-refractivity contribution in [2.45, 2.75) is 45.1 Å². The van der Waals surface area contributed by atoms with E-state index in [1.807, 2.05) is 0 Å². The van der Waals surface area contributed by atoms with Gasteiger partial charge in [0.25, 0.3) is 0 Å². The Morgan fingerprint density at radius 3 is 2.90 bits per heavy atom. The minimum atomic E-state index is 0.589. The van der Waals surface area contributed by atoms with E-state index in [4.69, 9.17) is 0 Å². The zero-order chi connectivity index (χ0) is 13.5. The van der Waals surface area contributed by atoms with E-state index in [1.54, 1.807) is 0 Å². The van der Waals surface area contributed by atoms with E-state index in [2.05, 4.69) is 45.2 Å². The number of hydrogen-bond acceptors (Lipinski definition) is 3. The molecule has 1 N–H and O–H groups in total. The molecule has 1 saturated carbocycles. The zero-order valence-corrected chi connectivity index (χ0v) is 11.9. The molecule has 2 aliphatic rings. The van der Waals surface area contributed by atoms with Crippen LogP contribution in [0.1, 0.15) is 43.1 Å². The molecule has 1 fully saturated rings. The predicted octanol–water partition coefficient (Wildman–Crippen LogP) is 3.34. The van der Waals surface area contributed by atoms with Gasteiger partial charge in [-0.2, -0.15) is 0 Å². The minimum Gasteiger partial charge on any atom is -0.384 e. The molecule has 0 bridgehead atoms. The second kappa shape index (κ2) is 4.62. The van der Waals surface area contributed by atoms with Crippen LogP contribution in [-0.4, -0.2) is 21.3 Å². The number of anilines is 1. The van der Waals surface area contributed by atoms with E-state index in [-0.39, 0.29) is 0 Å². The first-order valence-electron chi connectivity index (χ1n) is 7.61. The lowest BCUT2D eigenvalue weighted by Crippen LogP contribution is -2.08. The molecule has 0 atom stereocenters. The molecule has 4 nitrogen and oxygen atoms in total. The van der Waals surface area contributed by atoms with Crippen molar-refractivity contribution in [1.29, 1.82) is 0 Å². The summed E-state index contributed by atoms with van der Waals surface area (Å²) in [5.74, 6) is 2.09. The van der Waals surface area contributed by atoms with Gasteiger partial charge in [0.1, 0.15) is 5.82 Å². The second-order valence-corrected chi connectivity index (χ2v) is 5.93. The smallest absolute Gasteiger partial charge is 0.164 e. The first-order chi connectivity index (χ1) is 9.83. The summed E-state index contributed by atoms with van der Waals surface area (Å²) in [4.78, 5) is 0. The number of aromatic nitrogens is 3. The molecule has 4 rings (SSSR count). The lowest BCUT2D eigenvalue weighted by molar-refractivity contribution is 0.510. The highest BCUT2D eigenvalue weighted by molar-refractivity contribution is 5.66. The van der Waals surface area contributed by atoms with Gasteiger partial charge in [-0.25, -0.2) is 0 Å². The van der Waals surface area contributed by atoms with Crippen molar-refractivity contribution in [2.75, 3.05) is 11.9 Å². The van der Waals surface area contributed by atoms with Crippen LogP contribution in [-0.2, 0) is 6.42 Å². The molecule has 0 radical (unpaired) electrons. The van der Waals surface area contributed by atoms with Crippen molar-refractivity contribution < 1.29 is 0 Å². The summed E-state index contributed by atoms with van der Waals surface area (Å²) in [7, 11) is 0. The molecule has 2 heterocycles. The number of nitrogens with zero attached hydrogens (tertiary/aromatic N) is 3. The van der Waals surface area contributed by atoms with Gasteiger partial charge >= 0.3 is 0 Å². The molecule has 1 aliphatic heterocycles. The zero-order valence-electron chi connectivity index (χ0n) is 11.9. The van der Waals surface area contributed by atoms with Gasteiger partial charge in [-0.05, 0) is 49.9 Å². The molecule has 1 aromatic heterocycles. The summed E-state index contributed by atoms with van der Waals surface area (Å²) in [6.07, 6.45) is 6.29. The molecule has 0 saturated heterocycles. The summed E-state index contributed by atoms with van der Waals surface area (Å²) in [6, 6.07) is 7.23. The van der Waals surface area contributed by atoms with Crippen LogP contribution in [0.15, 0.2) is 18.2 Å². The SMILES string of the molecule is Cc1nnc(-c2ccc3c(c2)CCN3)n1C1CCCC1. The summed E-state index contributed by atoms with van der Waals surface area (Å²) in [6.45, 7) is 3.12. The molecule has 0 spiro atoms. The van der Waals surface area contributed by atoms with Crippen LogP contribution < -0.4 is 5.32 Å². The van der Waals surface area contributed by atoms with Crippen molar-refractivity contribution in [3.63, 3.8) is 0 Å². The van der Waals surface area contributed by atoms with Crippen molar-refractivity contribution in [1.82, 2.24) is 14.8 Å². The summed E-state index contributed by atoms with van der Waals surface area (Å²) in [5, 5.41) is 12.2. The lowest BCUT2D eigenvalue weighted by atomic mass is 10.1. The third-order valence-electron chi connectivity index (χ3n) is 4.63.